The summed E-state index contributed by atoms with van der Waals surface area (Å²) in [6.07, 6.45) is 4.04. The predicted molar refractivity (Wildman–Crippen MR) is 84.3 cm³/mol. The van der Waals surface area contributed by atoms with E-state index in [1.807, 2.05) is 30.3 Å². The lowest BCUT2D eigenvalue weighted by atomic mass is 9.93. The second-order valence-electron chi connectivity index (χ2n) is 6.04. The molecule has 1 fully saturated rings. The maximum atomic E-state index is 5.77. The highest BCUT2D eigenvalue weighted by atomic mass is 16.5. The maximum Gasteiger partial charge on any atom is 0.119 e. The summed E-state index contributed by atoms with van der Waals surface area (Å²) in [6.45, 7) is 5.54. The number of hydrogen-bond acceptors (Lipinski definition) is 3. The Bertz CT molecular complexity index is 359. The van der Waals surface area contributed by atoms with Crippen LogP contribution in [0.4, 0.5) is 0 Å². The van der Waals surface area contributed by atoms with Crippen LogP contribution in [0.25, 0.3) is 0 Å². The molecule has 20 heavy (non-hydrogen) atoms. The molecule has 0 amide bonds. The summed E-state index contributed by atoms with van der Waals surface area (Å²) in [6, 6.07) is 10.1. The van der Waals surface area contributed by atoms with Gasteiger partial charge >= 0.3 is 0 Å². The van der Waals surface area contributed by atoms with Gasteiger partial charge in [-0.1, -0.05) is 18.2 Å². The lowest BCUT2D eigenvalue weighted by molar-refractivity contribution is 0.147. The van der Waals surface area contributed by atoms with Crippen molar-refractivity contribution in [3.05, 3.63) is 30.3 Å². The second-order valence-corrected chi connectivity index (χ2v) is 6.04. The van der Waals surface area contributed by atoms with Crippen LogP contribution in [0.3, 0.4) is 0 Å². The third-order valence-electron chi connectivity index (χ3n) is 4.11. The van der Waals surface area contributed by atoms with Crippen molar-refractivity contribution in [1.29, 1.82) is 0 Å². The molecule has 3 heteroatoms. The van der Waals surface area contributed by atoms with E-state index in [9.17, 15) is 0 Å². The fraction of sp³-hybridized carbons (Fsp3) is 0.647. The highest BCUT2D eigenvalue weighted by molar-refractivity contribution is 5.20. The van der Waals surface area contributed by atoms with E-state index >= 15 is 0 Å². The molecule has 1 aromatic carbocycles. The quantitative estimate of drug-likeness (QED) is 0.761. The Kier molecular flexibility index (Phi) is 6.34. The zero-order chi connectivity index (χ0) is 14.2. The average molecular weight is 276 g/mol. The monoisotopic (exact) mass is 276 g/mol. The minimum absolute atomic E-state index is 0.798. The van der Waals surface area contributed by atoms with Crippen molar-refractivity contribution in [1.82, 2.24) is 9.80 Å². The zero-order valence-electron chi connectivity index (χ0n) is 12.9. The van der Waals surface area contributed by atoms with Crippen LogP contribution in [0.5, 0.6) is 5.75 Å². The van der Waals surface area contributed by atoms with Crippen LogP contribution < -0.4 is 4.74 Å². The number of piperidine rings is 1. The highest BCUT2D eigenvalue weighted by Gasteiger charge is 2.18. The number of ether oxygens (including phenoxy) is 1. The molecule has 1 aromatic rings. The van der Waals surface area contributed by atoms with Crippen LogP contribution in [-0.2, 0) is 0 Å². The van der Waals surface area contributed by atoms with Gasteiger partial charge in [0.05, 0.1) is 0 Å². The Morgan fingerprint density at radius 3 is 2.50 bits per heavy atom. The third-order valence-corrected chi connectivity index (χ3v) is 4.11. The van der Waals surface area contributed by atoms with Gasteiger partial charge in [-0.2, -0.15) is 0 Å². The van der Waals surface area contributed by atoms with E-state index in [0.717, 1.165) is 24.8 Å². The van der Waals surface area contributed by atoms with E-state index < -0.39 is 0 Å². The van der Waals surface area contributed by atoms with Crippen molar-refractivity contribution in [3.63, 3.8) is 0 Å². The van der Waals surface area contributed by atoms with Gasteiger partial charge in [-0.25, -0.2) is 0 Å². The smallest absolute Gasteiger partial charge is 0.119 e. The van der Waals surface area contributed by atoms with E-state index in [2.05, 4.69) is 23.9 Å². The molecule has 0 unspecified atom stereocenters. The van der Waals surface area contributed by atoms with E-state index in [-0.39, 0.29) is 0 Å². The molecule has 0 bridgehead atoms. The molecular formula is C17H28N2O. The SMILES string of the molecule is CN(C)CCC1CCN(CCOc2ccccc2)CC1. The fourth-order valence-electron chi connectivity index (χ4n) is 2.75. The fourth-order valence-corrected chi connectivity index (χ4v) is 2.75. The Hall–Kier alpha value is -1.06. The molecule has 0 spiro atoms. The van der Waals surface area contributed by atoms with E-state index in [0.29, 0.717) is 0 Å². The summed E-state index contributed by atoms with van der Waals surface area (Å²) in [4.78, 5) is 4.83. The van der Waals surface area contributed by atoms with Gasteiger partial charge in [0.2, 0.25) is 0 Å². The van der Waals surface area contributed by atoms with Crippen LogP contribution in [0.15, 0.2) is 30.3 Å². The molecule has 1 aliphatic heterocycles. The standard InChI is InChI=1S/C17H28N2O/c1-18(2)11-8-16-9-12-19(13-10-16)14-15-20-17-6-4-3-5-7-17/h3-7,16H,8-15H2,1-2H3. The van der Waals surface area contributed by atoms with Crippen LogP contribution in [0.2, 0.25) is 0 Å². The molecule has 0 aromatic heterocycles. The minimum atomic E-state index is 0.798. The van der Waals surface area contributed by atoms with E-state index in [1.54, 1.807) is 0 Å². The topological polar surface area (TPSA) is 15.7 Å². The molecule has 0 atom stereocenters. The van der Waals surface area contributed by atoms with Crippen molar-refractivity contribution in [3.8, 4) is 5.75 Å². The van der Waals surface area contributed by atoms with Gasteiger partial charge in [0, 0.05) is 6.54 Å². The van der Waals surface area contributed by atoms with Gasteiger partial charge in [-0.05, 0) is 71.0 Å². The Morgan fingerprint density at radius 2 is 1.85 bits per heavy atom. The summed E-state index contributed by atoms with van der Waals surface area (Å²) < 4.78 is 5.77. The molecule has 3 nitrogen and oxygen atoms in total. The Morgan fingerprint density at radius 1 is 1.15 bits per heavy atom. The summed E-state index contributed by atoms with van der Waals surface area (Å²) >= 11 is 0. The van der Waals surface area contributed by atoms with Gasteiger partial charge < -0.3 is 9.64 Å². The molecule has 0 N–H and O–H groups in total. The number of rotatable bonds is 7. The Balaban J connectivity index is 1.58. The number of likely N-dealkylation sites (tertiary alicyclic amines) is 1. The van der Waals surface area contributed by atoms with Crippen molar-refractivity contribution in [2.45, 2.75) is 19.3 Å². The van der Waals surface area contributed by atoms with E-state index in [4.69, 9.17) is 4.74 Å². The summed E-state index contributed by atoms with van der Waals surface area (Å²) in [5, 5.41) is 0. The molecule has 0 radical (unpaired) electrons. The zero-order valence-corrected chi connectivity index (χ0v) is 12.9. The lowest BCUT2D eigenvalue weighted by Gasteiger charge is -2.32. The first-order valence-corrected chi connectivity index (χ1v) is 7.79. The van der Waals surface area contributed by atoms with Crippen LogP contribution >= 0.6 is 0 Å². The largest absolute Gasteiger partial charge is 0.492 e. The van der Waals surface area contributed by atoms with Gasteiger partial charge in [0.1, 0.15) is 12.4 Å². The Labute approximate surface area is 123 Å². The van der Waals surface area contributed by atoms with Crippen LogP contribution in [0, 0.1) is 5.92 Å². The molecule has 112 valence electrons. The summed E-state index contributed by atoms with van der Waals surface area (Å²) in [7, 11) is 4.33. The number of nitrogens with zero attached hydrogens (tertiary/aromatic N) is 2. The first kappa shape index (κ1) is 15.3. The van der Waals surface area contributed by atoms with Gasteiger partial charge in [0.25, 0.3) is 0 Å². The number of hydrogen-bond donors (Lipinski definition) is 0. The third kappa shape index (κ3) is 5.51. The lowest BCUT2D eigenvalue weighted by Crippen LogP contribution is -2.37. The number of benzene rings is 1. The van der Waals surface area contributed by atoms with Crippen LogP contribution in [0.1, 0.15) is 19.3 Å². The van der Waals surface area contributed by atoms with Gasteiger partial charge in [0.15, 0.2) is 0 Å². The van der Waals surface area contributed by atoms with Crippen molar-refractivity contribution in [2.24, 2.45) is 5.92 Å². The van der Waals surface area contributed by atoms with Gasteiger partial charge in [-0.15, -0.1) is 0 Å². The molecule has 2 rings (SSSR count). The van der Waals surface area contributed by atoms with Crippen LogP contribution in [-0.4, -0.2) is 56.7 Å². The predicted octanol–water partition coefficient (Wildman–Crippen LogP) is 2.73. The first-order valence-electron chi connectivity index (χ1n) is 7.79. The molecule has 1 heterocycles. The molecule has 0 aliphatic carbocycles. The minimum Gasteiger partial charge on any atom is -0.492 e. The molecular weight excluding hydrogens is 248 g/mol. The second kappa shape index (κ2) is 8.28. The summed E-state index contributed by atoms with van der Waals surface area (Å²) in [5.41, 5.74) is 0. The normalized spacial score (nSPS) is 17.6. The number of para-hydroxylation sites is 1. The highest BCUT2D eigenvalue weighted by Crippen LogP contribution is 2.20. The maximum absolute atomic E-state index is 5.77. The molecule has 1 saturated heterocycles. The van der Waals surface area contributed by atoms with Crippen molar-refractivity contribution >= 4 is 0 Å². The van der Waals surface area contributed by atoms with Crippen molar-refractivity contribution in [2.75, 3.05) is 46.9 Å². The first-order chi connectivity index (χ1) is 9.74. The average Bonchev–Trinajstić information content (AvgIpc) is 2.47. The summed E-state index contributed by atoms with van der Waals surface area (Å²) in [5.74, 6) is 1.90. The molecule has 1 aliphatic rings. The van der Waals surface area contributed by atoms with E-state index in [1.165, 1.54) is 38.9 Å². The molecule has 0 saturated carbocycles. The van der Waals surface area contributed by atoms with Crippen molar-refractivity contribution < 1.29 is 4.74 Å². The van der Waals surface area contributed by atoms with Gasteiger partial charge in [-0.3, -0.25) is 4.90 Å².